The van der Waals surface area contributed by atoms with E-state index in [9.17, 15) is 9.90 Å². The molecule has 0 radical (unpaired) electrons. The number of nitrogens with one attached hydrogen (secondary N) is 2. The maximum atomic E-state index is 11.8. The Kier molecular flexibility index (Phi) is 5.87. The standard InChI is InChI=1S/C16H24N2O2/c19-12-15-9-5-4-8-14(15)11-18-16(20)17-10-13-6-2-1-3-7-13/h1-3,6-7,14-15,19H,4-5,8-12H2,(H2,17,18,20). The number of carbonyl (C=O) groups is 1. The normalized spacial score (nSPS) is 22.2. The van der Waals surface area contributed by atoms with Gasteiger partial charge in [0.05, 0.1) is 0 Å². The zero-order valence-electron chi connectivity index (χ0n) is 11.8. The zero-order valence-corrected chi connectivity index (χ0v) is 11.8. The van der Waals surface area contributed by atoms with Crippen LogP contribution in [0.3, 0.4) is 0 Å². The number of urea groups is 1. The van der Waals surface area contributed by atoms with Gasteiger partial charge in [-0.05, 0) is 30.2 Å². The molecule has 0 saturated heterocycles. The number of rotatable bonds is 5. The molecule has 2 rings (SSSR count). The molecule has 0 bridgehead atoms. The topological polar surface area (TPSA) is 61.4 Å². The zero-order chi connectivity index (χ0) is 14.2. The summed E-state index contributed by atoms with van der Waals surface area (Å²) in [5.74, 6) is 0.759. The predicted octanol–water partition coefficient (Wildman–Crippen LogP) is 2.28. The summed E-state index contributed by atoms with van der Waals surface area (Å²) in [6.07, 6.45) is 4.58. The third-order valence-corrected chi connectivity index (χ3v) is 4.12. The number of hydrogen-bond acceptors (Lipinski definition) is 2. The van der Waals surface area contributed by atoms with Crippen molar-refractivity contribution < 1.29 is 9.90 Å². The lowest BCUT2D eigenvalue weighted by atomic mass is 9.80. The van der Waals surface area contributed by atoms with E-state index in [2.05, 4.69) is 10.6 Å². The van der Waals surface area contributed by atoms with Crippen molar-refractivity contribution in [2.24, 2.45) is 11.8 Å². The van der Waals surface area contributed by atoms with Gasteiger partial charge in [0.25, 0.3) is 0 Å². The lowest BCUT2D eigenvalue weighted by Gasteiger charge is -2.30. The van der Waals surface area contributed by atoms with E-state index in [1.165, 1.54) is 12.8 Å². The average molecular weight is 276 g/mol. The van der Waals surface area contributed by atoms with Crippen LogP contribution in [0.4, 0.5) is 4.79 Å². The molecular weight excluding hydrogens is 252 g/mol. The highest BCUT2D eigenvalue weighted by atomic mass is 16.3. The summed E-state index contributed by atoms with van der Waals surface area (Å²) >= 11 is 0. The van der Waals surface area contributed by atoms with Crippen molar-refractivity contribution in [1.29, 1.82) is 0 Å². The van der Waals surface area contributed by atoms with Crippen LogP contribution in [0.25, 0.3) is 0 Å². The van der Waals surface area contributed by atoms with Gasteiger partial charge in [0.1, 0.15) is 0 Å². The van der Waals surface area contributed by atoms with Gasteiger partial charge >= 0.3 is 6.03 Å². The number of amides is 2. The SMILES string of the molecule is O=C(NCc1ccccc1)NCC1CCCCC1CO. The van der Waals surface area contributed by atoms with Gasteiger partial charge in [0.15, 0.2) is 0 Å². The van der Waals surface area contributed by atoms with Crippen LogP contribution in [0.5, 0.6) is 0 Å². The first-order chi connectivity index (χ1) is 9.79. The quantitative estimate of drug-likeness (QED) is 0.772. The Morgan fingerprint density at radius 1 is 1.10 bits per heavy atom. The Balaban J connectivity index is 1.69. The van der Waals surface area contributed by atoms with Crippen LogP contribution >= 0.6 is 0 Å². The highest BCUT2D eigenvalue weighted by Gasteiger charge is 2.24. The van der Waals surface area contributed by atoms with Gasteiger partial charge in [-0.3, -0.25) is 0 Å². The predicted molar refractivity (Wildman–Crippen MR) is 79.2 cm³/mol. The fourth-order valence-corrected chi connectivity index (χ4v) is 2.86. The van der Waals surface area contributed by atoms with Gasteiger partial charge in [0.2, 0.25) is 0 Å². The molecule has 1 aliphatic carbocycles. The lowest BCUT2D eigenvalue weighted by Crippen LogP contribution is -2.40. The Morgan fingerprint density at radius 2 is 1.80 bits per heavy atom. The van der Waals surface area contributed by atoms with Crippen molar-refractivity contribution in [2.75, 3.05) is 13.2 Å². The molecule has 1 aromatic carbocycles. The van der Waals surface area contributed by atoms with Gasteiger partial charge in [-0.15, -0.1) is 0 Å². The summed E-state index contributed by atoms with van der Waals surface area (Å²) in [5.41, 5.74) is 1.09. The third-order valence-electron chi connectivity index (χ3n) is 4.12. The monoisotopic (exact) mass is 276 g/mol. The van der Waals surface area contributed by atoms with E-state index in [4.69, 9.17) is 0 Å². The summed E-state index contributed by atoms with van der Waals surface area (Å²) in [5, 5.41) is 15.1. The van der Waals surface area contributed by atoms with E-state index in [-0.39, 0.29) is 12.6 Å². The van der Waals surface area contributed by atoms with Gasteiger partial charge in [-0.25, -0.2) is 4.79 Å². The molecule has 1 saturated carbocycles. The van der Waals surface area contributed by atoms with Crippen molar-refractivity contribution in [3.05, 3.63) is 35.9 Å². The van der Waals surface area contributed by atoms with Crippen LogP contribution in [0.2, 0.25) is 0 Å². The van der Waals surface area contributed by atoms with Crippen molar-refractivity contribution in [3.63, 3.8) is 0 Å². The second-order valence-corrected chi connectivity index (χ2v) is 5.54. The number of aliphatic hydroxyl groups excluding tert-OH is 1. The Bertz CT molecular complexity index is 408. The van der Waals surface area contributed by atoms with Gasteiger partial charge in [0, 0.05) is 19.7 Å². The molecule has 0 heterocycles. The van der Waals surface area contributed by atoms with Crippen molar-refractivity contribution in [2.45, 2.75) is 32.2 Å². The van der Waals surface area contributed by atoms with Crippen LogP contribution in [0.15, 0.2) is 30.3 Å². The second-order valence-electron chi connectivity index (χ2n) is 5.54. The van der Waals surface area contributed by atoms with E-state index in [1.807, 2.05) is 30.3 Å². The Morgan fingerprint density at radius 3 is 2.50 bits per heavy atom. The first kappa shape index (κ1) is 14.9. The van der Waals surface area contributed by atoms with E-state index in [0.717, 1.165) is 18.4 Å². The minimum Gasteiger partial charge on any atom is -0.396 e. The van der Waals surface area contributed by atoms with Crippen molar-refractivity contribution in [3.8, 4) is 0 Å². The second kappa shape index (κ2) is 7.90. The maximum absolute atomic E-state index is 11.8. The third kappa shape index (κ3) is 4.53. The fraction of sp³-hybridized carbons (Fsp3) is 0.562. The van der Waals surface area contributed by atoms with Crippen molar-refractivity contribution >= 4 is 6.03 Å². The molecule has 4 nitrogen and oxygen atoms in total. The molecule has 0 spiro atoms. The highest BCUT2D eigenvalue weighted by molar-refractivity contribution is 5.73. The summed E-state index contributed by atoms with van der Waals surface area (Å²) < 4.78 is 0. The Labute approximate surface area is 120 Å². The molecule has 2 atom stereocenters. The summed E-state index contributed by atoms with van der Waals surface area (Å²) in [6, 6.07) is 9.73. The van der Waals surface area contributed by atoms with Gasteiger partial charge in [-0.1, -0.05) is 43.2 Å². The highest BCUT2D eigenvalue weighted by Crippen LogP contribution is 2.28. The maximum Gasteiger partial charge on any atom is 0.315 e. The Hall–Kier alpha value is -1.55. The van der Waals surface area contributed by atoms with E-state index in [1.54, 1.807) is 0 Å². The molecule has 2 amide bonds. The summed E-state index contributed by atoms with van der Waals surface area (Å²) in [6.45, 7) is 1.44. The van der Waals surface area contributed by atoms with Gasteiger partial charge < -0.3 is 15.7 Å². The smallest absolute Gasteiger partial charge is 0.315 e. The van der Waals surface area contributed by atoms with Crippen LogP contribution in [-0.4, -0.2) is 24.3 Å². The van der Waals surface area contributed by atoms with Crippen LogP contribution in [0, 0.1) is 11.8 Å². The fourth-order valence-electron chi connectivity index (χ4n) is 2.86. The average Bonchev–Trinajstić information content (AvgIpc) is 2.52. The molecule has 110 valence electrons. The minimum absolute atomic E-state index is 0.129. The van der Waals surface area contributed by atoms with Crippen LogP contribution < -0.4 is 10.6 Å². The number of hydrogen-bond donors (Lipinski definition) is 3. The van der Waals surface area contributed by atoms with Crippen molar-refractivity contribution in [1.82, 2.24) is 10.6 Å². The van der Waals surface area contributed by atoms with Crippen LogP contribution in [0.1, 0.15) is 31.2 Å². The largest absolute Gasteiger partial charge is 0.396 e. The first-order valence-corrected chi connectivity index (χ1v) is 7.46. The number of aliphatic hydroxyl groups is 1. The van der Waals surface area contributed by atoms with E-state index < -0.39 is 0 Å². The molecule has 1 aromatic rings. The molecule has 1 aliphatic rings. The molecular formula is C16H24N2O2. The molecule has 0 aliphatic heterocycles. The van der Waals surface area contributed by atoms with Gasteiger partial charge in [-0.2, -0.15) is 0 Å². The summed E-state index contributed by atoms with van der Waals surface area (Å²) in [7, 11) is 0. The molecule has 4 heteroatoms. The van der Waals surface area contributed by atoms with E-state index >= 15 is 0 Å². The minimum atomic E-state index is -0.129. The molecule has 3 N–H and O–H groups in total. The van der Waals surface area contributed by atoms with E-state index in [0.29, 0.717) is 24.9 Å². The van der Waals surface area contributed by atoms with Crippen LogP contribution in [-0.2, 0) is 6.54 Å². The summed E-state index contributed by atoms with van der Waals surface area (Å²) in [4.78, 5) is 11.8. The molecule has 2 unspecified atom stereocenters. The number of benzene rings is 1. The molecule has 0 aromatic heterocycles. The molecule has 1 fully saturated rings. The first-order valence-electron chi connectivity index (χ1n) is 7.46. The molecule has 20 heavy (non-hydrogen) atoms. The lowest BCUT2D eigenvalue weighted by molar-refractivity contribution is 0.133. The number of carbonyl (C=O) groups excluding carboxylic acids is 1.